The van der Waals surface area contributed by atoms with E-state index in [9.17, 15) is 48.3 Å². The second-order valence-corrected chi connectivity index (χ2v) is 19.5. The number of rotatable bonds is 38. The molecule has 4 amide bonds. The van der Waals surface area contributed by atoms with Gasteiger partial charge in [0.15, 0.2) is 23.1 Å². The predicted octanol–water partition coefficient (Wildman–Crippen LogP) is 3.24. The first kappa shape index (κ1) is 65.5. The number of carbonyl (C=O) groups excluding carboxylic acids is 8. The van der Waals surface area contributed by atoms with Crippen LogP contribution in [0.15, 0.2) is 72.8 Å². The third-order valence-corrected chi connectivity index (χ3v) is 13.6. The van der Waals surface area contributed by atoms with Gasteiger partial charge < -0.3 is 68.7 Å². The Hall–Kier alpha value is -8.05. The molecule has 0 fully saturated rings. The number of nitrogens with two attached hydrogens (primary N) is 5. The number of primary amides is 1. The van der Waals surface area contributed by atoms with Crippen LogP contribution < -0.4 is 63.6 Å². The standard InChI is InChI=1S/C59H78N8O14/c1-78-51-19-14-35(27-39(51)56(64)74)32-48(69)44(12-6-9-25-61)65-58(76)41-30-38(17-22-53(41)80-3)34-50(71)46(18-23-55(72)73)67-59(77)42-29-37(16-21-54(42)81-4)33-49(70)45(13-7-10-26-62)66-57(75)40-28-36(15-20-52(40)79-2)31-47(68)43(63)11-5-8-24-60/h14-17,19-22,27-30,43-46H,5-13,18,23-26,31-34,60-63H2,1-4H3,(H2,64,74)(H,65,76)(H,66,75)(H,67,77)(H,72,73)/t43-,44-,45-,46-/m0/s1. The van der Waals surface area contributed by atoms with Crippen LogP contribution in [0.5, 0.6) is 23.0 Å². The zero-order valence-corrected chi connectivity index (χ0v) is 46.6. The number of amides is 4. The molecule has 0 aliphatic carbocycles. The lowest BCUT2D eigenvalue weighted by Gasteiger charge is -2.21. The van der Waals surface area contributed by atoms with Crippen LogP contribution >= 0.6 is 0 Å². The van der Waals surface area contributed by atoms with Gasteiger partial charge in [-0.25, -0.2) is 0 Å². The molecule has 0 spiro atoms. The largest absolute Gasteiger partial charge is 0.496 e. The third kappa shape index (κ3) is 20.2. The Kier molecular flexibility index (Phi) is 27.1. The summed E-state index contributed by atoms with van der Waals surface area (Å²) in [6, 6.07) is 14.1. The maximum absolute atomic E-state index is 14.2. The van der Waals surface area contributed by atoms with Gasteiger partial charge in [-0.2, -0.15) is 0 Å². The van der Waals surface area contributed by atoms with Gasteiger partial charge in [0, 0.05) is 32.1 Å². The highest BCUT2D eigenvalue weighted by molar-refractivity contribution is 6.04. The lowest BCUT2D eigenvalue weighted by atomic mass is 9.95. The van der Waals surface area contributed by atoms with E-state index in [0.717, 1.165) is 6.42 Å². The minimum absolute atomic E-state index is 0.0173. The monoisotopic (exact) mass is 1120 g/mol. The smallest absolute Gasteiger partial charge is 0.303 e. The zero-order valence-electron chi connectivity index (χ0n) is 46.6. The molecule has 0 aromatic heterocycles. The fourth-order valence-corrected chi connectivity index (χ4v) is 9.06. The molecule has 0 bridgehead atoms. The molecule has 0 heterocycles. The Morgan fingerprint density at radius 3 is 1.04 bits per heavy atom. The van der Waals surface area contributed by atoms with E-state index in [1.165, 1.54) is 77.0 Å². The number of ketones is 4. The number of methoxy groups -OCH3 is 4. The molecule has 14 N–H and O–H groups in total. The molecule has 0 aliphatic rings. The summed E-state index contributed by atoms with van der Waals surface area (Å²) in [5.74, 6) is -5.07. The molecule has 0 saturated heterocycles. The molecule has 4 rings (SSSR count). The molecule has 0 saturated carbocycles. The fraction of sp³-hybridized carbons (Fsp3) is 0.441. The van der Waals surface area contributed by atoms with Gasteiger partial charge in [-0.15, -0.1) is 0 Å². The Morgan fingerprint density at radius 1 is 0.432 bits per heavy atom. The lowest BCUT2D eigenvalue weighted by molar-refractivity contribution is -0.137. The van der Waals surface area contributed by atoms with Crippen molar-refractivity contribution in [1.82, 2.24) is 16.0 Å². The van der Waals surface area contributed by atoms with Gasteiger partial charge >= 0.3 is 5.97 Å². The van der Waals surface area contributed by atoms with Crippen LogP contribution in [-0.2, 0) is 49.7 Å². The molecule has 438 valence electrons. The topological polar surface area (TPSA) is 377 Å². The van der Waals surface area contributed by atoms with Crippen LogP contribution in [0.4, 0.5) is 0 Å². The quantitative estimate of drug-likeness (QED) is 0.0291. The van der Waals surface area contributed by atoms with Crippen molar-refractivity contribution >= 4 is 52.7 Å². The molecule has 0 radical (unpaired) electrons. The number of carbonyl (C=O) groups is 9. The number of benzene rings is 4. The summed E-state index contributed by atoms with van der Waals surface area (Å²) in [7, 11) is 5.43. The molecule has 22 nitrogen and oxygen atoms in total. The van der Waals surface area contributed by atoms with Crippen molar-refractivity contribution < 1.29 is 67.2 Å². The van der Waals surface area contributed by atoms with Crippen molar-refractivity contribution in [2.45, 2.75) is 120 Å². The summed E-state index contributed by atoms with van der Waals surface area (Å²) in [6.07, 6.45) is 2.81. The molecule has 22 heteroatoms. The Balaban J connectivity index is 1.55. The van der Waals surface area contributed by atoms with Crippen LogP contribution in [-0.4, -0.2) is 130 Å². The van der Waals surface area contributed by atoms with E-state index in [0.29, 0.717) is 80.4 Å². The van der Waals surface area contributed by atoms with E-state index in [4.69, 9.17) is 47.6 Å². The highest BCUT2D eigenvalue weighted by atomic mass is 16.5. The maximum Gasteiger partial charge on any atom is 0.303 e. The minimum Gasteiger partial charge on any atom is -0.496 e. The van der Waals surface area contributed by atoms with Gasteiger partial charge in [0.25, 0.3) is 23.6 Å². The number of ether oxygens (including phenoxy) is 4. The summed E-state index contributed by atoms with van der Waals surface area (Å²) in [5, 5.41) is 18.0. The van der Waals surface area contributed by atoms with E-state index in [1.54, 1.807) is 24.3 Å². The highest BCUT2D eigenvalue weighted by Gasteiger charge is 2.29. The van der Waals surface area contributed by atoms with E-state index < -0.39 is 71.8 Å². The van der Waals surface area contributed by atoms with Crippen LogP contribution in [0, 0.1) is 0 Å². The van der Waals surface area contributed by atoms with Gasteiger partial charge in [0.2, 0.25) is 0 Å². The molecule has 4 aromatic rings. The van der Waals surface area contributed by atoms with E-state index in [1.807, 2.05) is 0 Å². The molecular formula is C59H78N8O14. The Labute approximate surface area is 471 Å². The van der Waals surface area contributed by atoms with Crippen LogP contribution in [0.2, 0.25) is 0 Å². The second kappa shape index (κ2) is 33.5. The van der Waals surface area contributed by atoms with Crippen LogP contribution in [0.3, 0.4) is 0 Å². The number of carboxylic acid groups (broad SMARTS) is 1. The predicted molar refractivity (Wildman–Crippen MR) is 303 cm³/mol. The zero-order chi connectivity index (χ0) is 59.6. The number of nitrogens with one attached hydrogen (secondary N) is 3. The van der Waals surface area contributed by atoms with Gasteiger partial charge in [-0.3, -0.25) is 43.2 Å². The second-order valence-electron chi connectivity index (χ2n) is 19.5. The van der Waals surface area contributed by atoms with Crippen LogP contribution in [0.1, 0.15) is 134 Å². The van der Waals surface area contributed by atoms with Crippen molar-refractivity contribution in [1.29, 1.82) is 0 Å². The Bertz CT molecular complexity index is 2860. The van der Waals surface area contributed by atoms with E-state index in [-0.39, 0.29) is 102 Å². The number of unbranched alkanes of at least 4 members (excludes halogenated alkanes) is 3. The average molecular weight is 1120 g/mol. The van der Waals surface area contributed by atoms with Gasteiger partial charge in [-0.1, -0.05) is 30.7 Å². The summed E-state index contributed by atoms with van der Waals surface area (Å²) in [4.78, 5) is 121. The van der Waals surface area contributed by atoms with Crippen molar-refractivity contribution in [3.63, 3.8) is 0 Å². The van der Waals surface area contributed by atoms with Crippen molar-refractivity contribution in [3.05, 3.63) is 117 Å². The minimum atomic E-state index is -1.37. The molecule has 0 aliphatic heterocycles. The fourth-order valence-electron chi connectivity index (χ4n) is 9.06. The van der Waals surface area contributed by atoms with Gasteiger partial charge in [0.05, 0.1) is 74.9 Å². The Morgan fingerprint density at radius 2 is 0.728 bits per heavy atom. The van der Waals surface area contributed by atoms with Crippen LogP contribution in [0.25, 0.3) is 0 Å². The lowest BCUT2D eigenvalue weighted by Crippen LogP contribution is -2.42. The van der Waals surface area contributed by atoms with Gasteiger partial charge in [0.1, 0.15) is 23.0 Å². The van der Waals surface area contributed by atoms with Gasteiger partial charge in [-0.05, 0) is 148 Å². The summed E-state index contributed by atoms with van der Waals surface area (Å²) in [5.41, 5.74) is 30.5. The van der Waals surface area contributed by atoms with Crippen molar-refractivity contribution in [3.8, 4) is 23.0 Å². The van der Waals surface area contributed by atoms with Crippen molar-refractivity contribution in [2.75, 3.05) is 48.1 Å². The van der Waals surface area contributed by atoms with E-state index >= 15 is 0 Å². The molecule has 0 unspecified atom stereocenters. The molecular weight excluding hydrogens is 1040 g/mol. The molecule has 4 atom stereocenters. The maximum atomic E-state index is 14.2. The number of carboxylic acids is 1. The number of hydrogen-bond donors (Lipinski definition) is 9. The first-order chi connectivity index (χ1) is 38.8. The first-order valence-corrected chi connectivity index (χ1v) is 26.9. The number of hydrogen-bond acceptors (Lipinski definition) is 17. The normalized spacial score (nSPS) is 12.4. The van der Waals surface area contributed by atoms with Crippen molar-refractivity contribution in [2.24, 2.45) is 28.7 Å². The summed E-state index contributed by atoms with van der Waals surface area (Å²) in [6.45, 7) is 1.18. The summed E-state index contributed by atoms with van der Waals surface area (Å²) >= 11 is 0. The first-order valence-electron chi connectivity index (χ1n) is 26.9. The SMILES string of the molecule is COc1ccc(CC(=O)[C@H](CCCCN)NC(=O)c2cc(CC(=O)[C@H](CCC(=O)O)NC(=O)c3cc(CC(=O)[C@H](CCCCN)NC(=O)c4cc(CC(=O)[C@@H](N)CCCCN)ccc4OC)ccc3OC)ccc2OC)cc1C(N)=O. The highest BCUT2D eigenvalue weighted by Crippen LogP contribution is 2.26. The summed E-state index contributed by atoms with van der Waals surface area (Å²) < 4.78 is 21.7. The third-order valence-electron chi connectivity index (χ3n) is 13.6. The number of Topliss-reactive ketones (excluding diaryl/α,β-unsaturated/α-hetero) is 4. The number of aliphatic carboxylic acids is 1. The van der Waals surface area contributed by atoms with E-state index in [2.05, 4.69) is 16.0 Å². The molecule has 4 aromatic carbocycles. The average Bonchev–Trinajstić information content (AvgIpc) is 3.46. The molecule has 81 heavy (non-hydrogen) atoms.